The molecule has 1 unspecified atom stereocenters. The molecule has 2 amide bonds. The molecule has 1 saturated heterocycles. The summed E-state index contributed by atoms with van der Waals surface area (Å²) in [5, 5.41) is 14.9. The number of hydrogen-bond donors (Lipinski definition) is 2. The highest BCUT2D eigenvalue weighted by Gasteiger charge is 2.37. The number of aromatic nitrogens is 1. The molecule has 144 valence electrons. The van der Waals surface area contributed by atoms with Crippen LogP contribution in [0.5, 0.6) is 0 Å². The molecule has 2 fully saturated rings. The third-order valence-corrected chi connectivity index (χ3v) is 6.08. The van der Waals surface area contributed by atoms with Gasteiger partial charge in [-0.25, -0.2) is 9.78 Å². The van der Waals surface area contributed by atoms with Crippen LogP contribution in [0, 0.1) is 6.92 Å². The predicted octanol–water partition coefficient (Wildman–Crippen LogP) is 1.47. The molecule has 0 radical (unpaired) electrons. The maximum atomic E-state index is 12.7. The number of urea groups is 1. The number of carboxylic acid groups (broad SMARTS) is 1. The van der Waals surface area contributed by atoms with E-state index in [0.717, 1.165) is 23.5 Å². The zero-order valence-electron chi connectivity index (χ0n) is 15.2. The Bertz CT molecular complexity index is 646. The SMILES string of the molecule is CCN(CC(=O)O)C1CC(NC(=O)N2CCOCC2c2nc(C)cs2)C1. The van der Waals surface area contributed by atoms with Crippen molar-refractivity contribution in [3.63, 3.8) is 0 Å². The number of morpholine rings is 1. The third-order valence-electron chi connectivity index (χ3n) is 5.01. The Morgan fingerprint density at radius 2 is 2.27 bits per heavy atom. The van der Waals surface area contributed by atoms with Crippen LogP contribution in [-0.4, -0.2) is 76.8 Å². The number of carboxylic acids is 1. The van der Waals surface area contributed by atoms with E-state index in [1.54, 1.807) is 11.3 Å². The molecule has 2 aliphatic rings. The maximum Gasteiger partial charge on any atom is 0.318 e. The first-order valence-corrected chi connectivity index (χ1v) is 9.88. The number of carbonyl (C=O) groups excluding carboxylic acids is 1. The van der Waals surface area contributed by atoms with Gasteiger partial charge < -0.3 is 20.1 Å². The van der Waals surface area contributed by atoms with E-state index >= 15 is 0 Å². The van der Waals surface area contributed by atoms with E-state index in [4.69, 9.17) is 9.84 Å². The monoisotopic (exact) mass is 382 g/mol. The predicted molar refractivity (Wildman–Crippen MR) is 97.3 cm³/mol. The summed E-state index contributed by atoms with van der Waals surface area (Å²) in [6.07, 6.45) is 1.58. The first-order valence-electron chi connectivity index (χ1n) is 9.00. The molecule has 1 aliphatic carbocycles. The Morgan fingerprint density at radius 1 is 1.50 bits per heavy atom. The highest BCUT2D eigenvalue weighted by Crippen LogP contribution is 2.29. The van der Waals surface area contributed by atoms with Crippen LogP contribution in [0.4, 0.5) is 4.79 Å². The van der Waals surface area contributed by atoms with Gasteiger partial charge in [-0.3, -0.25) is 9.69 Å². The molecular formula is C17H26N4O4S. The average Bonchev–Trinajstić information content (AvgIpc) is 3.02. The fraction of sp³-hybridized carbons (Fsp3) is 0.706. The number of ether oxygens (including phenoxy) is 1. The van der Waals surface area contributed by atoms with Crippen molar-refractivity contribution in [3.05, 3.63) is 16.1 Å². The number of thiazole rings is 1. The van der Waals surface area contributed by atoms with Gasteiger partial charge in [0, 0.05) is 29.7 Å². The van der Waals surface area contributed by atoms with Crippen LogP contribution in [0.3, 0.4) is 0 Å². The number of hydrogen-bond acceptors (Lipinski definition) is 6. The summed E-state index contributed by atoms with van der Waals surface area (Å²) in [5.41, 5.74) is 0.954. The molecule has 1 aromatic heterocycles. The van der Waals surface area contributed by atoms with Gasteiger partial charge >= 0.3 is 12.0 Å². The zero-order chi connectivity index (χ0) is 18.7. The lowest BCUT2D eigenvalue weighted by Crippen LogP contribution is -2.58. The largest absolute Gasteiger partial charge is 0.480 e. The number of aliphatic carboxylic acids is 1. The second kappa shape index (κ2) is 8.32. The lowest BCUT2D eigenvalue weighted by molar-refractivity contribution is -0.139. The fourth-order valence-electron chi connectivity index (χ4n) is 3.51. The summed E-state index contributed by atoms with van der Waals surface area (Å²) in [6, 6.07) is 0.0914. The van der Waals surface area contributed by atoms with E-state index in [1.807, 2.05) is 29.0 Å². The van der Waals surface area contributed by atoms with Crippen molar-refractivity contribution in [1.29, 1.82) is 0 Å². The highest BCUT2D eigenvalue weighted by atomic mass is 32.1. The molecule has 1 aliphatic heterocycles. The molecule has 1 aromatic rings. The minimum absolute atomic E-state index is 0.0524. The summed E-state index contributed by atoms with van der Waals surface area (Å²) in [6.45, 7) is 6.21. The standard InChI is InChI=1S/C17H26N4O4S/c1-3-20(8-15(22)23)13-6-12(7-13)19-17(24)21-4-5-25-9-14(21)16-18-11(2)10-26-16/h10,12-14H,3-9H2,1-2H3,(H,19,24)(H,22,23). The first kappa shape index (κ1) is 19.1. The molecular weight excluding hydrogens is 356 g/mol. The van der Waals surface area contributed by atoms with Crippen molar-refractivity contribution in [3.8, 4) is 0 Å². The minimum Gasteiger partial charge on any atom is -0.480 e. The summed E-state index contributed by atoms with van der Waals surface area (Å²) < 4.78 is 5.55. The van der Waals surface area contributed by atoms with Gasteiger partial charge in [-0.2, -0.15) is 0 Å². The van der Waals surface area contributed by atoms with Gasteiger partial charge in [0.1, 0.15) is 11.0 Å². The van der Waals surface area contributed by atoms with Crippen molar-refractivity contribution in [2.45, 2.75) is 44.8 Å². The fourth-order valence-corrected chi connectivity index (χ4v) is 4.40. The molecule has 2 N–H and O–H groups in total. The van der Waals surface area contributed by atoms with Crippen molar-refractivity contribution in [2.75, 3.05) is 32.8 Å². The lowest BCUT2D eigenvalue weighted by atomic mass is 9.85. The van der Waals surface area contributed by atoms with Crippen molar-refractivity contribution in [2.24, 2.45) is 0 Å². The zero-order valence-corrected chi connectivity index (χ0v) is 16.0. The second-order valence-corrected chi connectivity index (χ2v) is 7.73. The van der Waals surface area contributed by atoms with Gasteiger partial charge in [-0.05, 0) is 26.3 Å². The molecule has 0 bridgehead atoms. The van der Waals surface area contributed by atoms with Crippen LogP contribution in [0.15, 0.2) is 5.38 Å². The van der Waals surface area contributed by atoms with E-state index in [2.05, 4.69) is 10.3 Å². The number of nitrogens with one attached hydrogen (secondary N) is 1. The van der Waals surface area contributed by atoms with Crippen LogP contribution in [0.2, 0.25) is 0 Å². The molecule has 26 heavy (non-hydrogen) atoms. The summed E-state index contributed by atoms with van der Waals surface area (Å²) in [7, 11) is 0. The van der Waals surface area contributed by atoms with Crippen molar-refractivity contribution >= 4 is 23.3 Å². The Morgan fingerprint density at radius 3 is 2.88 bits per heavy atom. The molecule has 1 saturated carbocycles. The molecule has 0 spiro atoms. The van der Waals surface area contributed by atoms with Crippen LogP contribution in [0.25, 0.3) is 0 Å². The van der Waals surface area contributed by atoms with Gasteiger partial charge in [-0.1, -0.05) is 6.92 Å². The van der Waals surface area contributed by atoms with Crippen molar-refractivity contribution in [1.82, 2.24) is 20.1 Å². The van der Waals surface area contributed by atoms with Crippen molar-refractivity contribution < 1.29 is 19.4 Å². The highest BCUT2D eigenvalue weighted by molar-refractivity contribution is 7.09. The number of carbonyl (C=O) groups is 2. The quantitative estimate of drug-likeness (QED) is 0.774. The number of rotatable bonds is 6. The first-order chi connectivity index (χ1) is 12.5. The number of aryl methyl sites for hydroxylation is 1. The topological polar surface area (TPSA) is 95.0 Å². The summed E-state index contributed by atoms with van der Waals surface area (Å²) in [4.78, 5) is 31.9. The third kappa shape index (κ3) is 4.33. The van der Waals surface area contributed by atoms with Crippen LogP contribution in [0.1, 0.15) is 36.5 Å². The maximum absolute atomic E-state index is 12.7. The van der Waals surface area contributed by atoms with Gasteiger partial charge in [-0.15, -0.1) is 11.3 Å². The number of likely N-dealkylation sites (N-methyl/N-ethyl adjacent to an activating group) is 1. The average molecular weight is 382 g/mol. The number of amides is 2. The van der Waals surface area contributed by atoms with Crippen LogP contribution < -0.4 is 5.32 Å². The van der Waals surface area contributed by atoms with E-state index in [9.17, 15) is 9.59 Å². The van der Waals surface area contributed by atoms with Gasteiger partial charge in [0.25, 0.3) is 0 Å². The Hall–Kier alpha value is -1.71. The Labute approximate surface area is 157 Å². The summed E-state index contributed by atoms with van der Waals surface area (Å²) >= 11 is 1.55. The number of nitrogens with zero attached hydrogens (tertiary/aromatic N) is 3. The van der Waals surface area contributed by atoms with Crippen LogP contribution in [-0.2, 0) is 9.53 Å². The van der Waals surface area contributed by atoms with Gasteiger partial charge in [0.15, 0.2) is 0 Å². The van der Waals surface area contributed by atoms with Gasteiger partial charge in [0.05, 0.1) is 19.8 Å². The van der Waals surface area contributed by atoms with Crippen LogP contribution >= 0.6 is 11.3 Å². The normalized spacial score (nSPS) is 25.8. The van der Waals surface area contributed by atoms with E-state index in [-0.39, 0.29) is 30.7 Å². The van der Waals surface area contributed by atoms with E-state index in [0.29, 0.717) is 26.3 Å². The Balaban J connectivity index is 1.54. The molecule has 3 rings (SSSR count). The Kier molecular flexibility index (Phi) is 6.10. The smallest absolute Gasteiger partial charge is 0.318 e. The molecule has 0 aromatic carbocycles. The van der Waals surface area contributed by atoms with E-state index in [1.165, 1.54) is 0 Å². The molecule has 9 heteroatoms. The lowest BCUT2D eigenvalue weighted by Gasteiger charge is -2.43. The van der Waals surface area contributed by atoms with E-state index < -0.39 is 5.97 Å². The minimum atomic E-state index is -0.811. The molecule has 1 atom stereocenters. The second-order valence-electron chi connectivity index (χ2n) is 6.84. The molecule has 2 heterocycles. The van der Waals surface area contributed by atoms with Gasteiger partial charge in [0.2, 0.25) is 0 Å². The molecule has 8 nitrogen and oxygen atoms in total. The summed E-state index contributed by atoms with van der Waals surface area (Å²) in [5.74, 6) is -0.811.